The molecule has 8 heteroatoms. The third-order valence-electron chi connectivity index (χ3n) is 5.14. The lowest BCUT2D eigenvalue weighted by Crippen LogP contribution is -2.58. The van der Waals surface area contributed by atoms with E-state index < -0.39 is 12.0 Å². The average Bonchev–Trinajstić information content (AvgIpc) is 2.82. The number of nitrogens with zero attached hydrogens (tertiary/aromatic N) is 1. The van der Waals surface area contributed by atoms with Crippen LogP contribution in [0, 0.1) is 5.92 Å². The van der Waals surface area contributed by atoms with Crippen molar-refractivity contribution in [2.45, 2.75) is 32.9 Å². The van der Waals surface area contributed by atoms with Gasteiger partial charge in [-0.25, -0.2) is 0 Å². The molecule has 0 aromatic heterocycles. The van der Waals surface area contributed by atoms with Gasteiger partial charge >= 0.3 is 5.97 Å². The zero-order valence-electron chi connectivity index (χ0n) is 19.1. The fourth-order valence-electron chi connectivity index (χ4n) is 3.44. The number of hydrogen-bond donors (Lipinski definition) is 2. The van der Waals surface area contributed by atoms with Gasteiger partial charge in [-0.2, -0.15) is 0 Å². The second-order valence-corrected chi connectivity index (χ2v) is 8.30. The number of hydrogen-bond acceptors (Lipinski definition) is 6. The lowest BCUT2D eigenvalue weighted by molar-refractivity contribution is -0.152. The summed E-state index contributed by atoms with van der Waals surface area (Å²) < 4.78 is 11.1. The number of carbonyl (C=O) groups is 3. The summed E-state index contributed by atoms with van der Waals surface area (Å²) in [4.78, 5) is 38.9. The highest BCUT2D eigenvalue weighted by Gasteiger charge is 2.35. The van der Waals surface area contributed by atoms with Crippen LogP contribution in [0.4, 0.5) is 5.69 Å². The van der Waals surface area contributed by atoms with Crippen LogP contribution in [0.5, 0.6) is 5.75 Å². The number of benzene rings is 2. The van der Waals surface area contributed by atoms with Gasteiger partial charge in [0.05, 0.1) is 25.3 Å². The molecule has 2 amide bonds. The summed E-state index contributed by atoms with van der Waals surface area (Å²) in [6.45, 7) is 5.20. The Morgan fingerprint density at radius 2 is 1.85 bits per heavy atom. The molecule has 8 nitrogen and oxygen atoms in total. The van der Waals surface area contributed by atoms with Crippen molar-refractivity contribution in [3.05, 3.63) is 60.2 Å². The quantitative estimate of drug-likeness (QED) is 0.537. The van der Waals surface area contributed by atoms with E-state index in [1.54, 1.807) is 0 Å². The molecule has 1 unspecified atom stereocenters. The van der Waals surface area contributed by atoms with Gasteiger partial charge in [0.15, 0.2) is 0 Å². The Bertz CT molecular complexity index is 948. The number of para-hydroxylation sites is 2. The Labute approximate surface area is 194 Å². The SMILES string of the molecule is CC(C)COC(=O)CC1C(=O)NCCN1C(=O)CNc1ccccc1OCc1ccccc1. The van der Waals surface area contributed by atoms with E-state index >= 15 is 0 Å². The Balaban J connectivity index is 1.59. The summed E-state index contributed by atoms with van der Waals surface area (Å²) in [6, 6.07) is 16.3. The first-order chi connectivity index (χ1) is 15.9. The fraction of sp³-hybridized carbons (Fsp3) is 0.400. The first kappa shape index (κ1) is 24.1. The highest BCUT2D eigenvalue weighted by Crippen LogP contribution is 2.25. The molecule has 0 bridgehead atoms. The maximum Gasteiger partial charge on any atom is 0.308 e. The third-order valence-corrected chi connectivity index (χ3v) is 5.14. The molecule has 2 aromatic rings. The van der Waals surface area contributed by atoms with Crippen molar-refractivity contribution in [2.75, 3.05) is 31.6 Å². The molecule has 33 heavy (non-hydrogen) atoms. The first-order valence-corrected chi connectivity index (χ1v) is 11.2. The Morgan fingerprint density at radius 1 is 1.12 bits per heavy atom. The van der Waals surface area contributed by atoms with Crippen molar-refractivity contribution < 1.29 is 23.9 Å². The molecule has 2 aromatic carbocycles. The van der Waals surface area contributed by atoms with E-state index in [1.807, 2.05) is 68.4 Å². The summed E-state index contributed by atoms with van der Waals surface area (Å²) in [5.41, 5.74) is 1.71. The van der Waals surface area contributed by atoms with Crippen molar-refractivity contribution in [3.8, 4) is 5.75 Å². The van der Waals surface area contributed by atoms with E-state index in [0.717, 1.165) is 5.56 Å². The molecule has 0 spiro atoms. The van der Waals surface area contributed by atoms with Crippen LogP contribution in [0.1, 0.15) is 25.8 Å². The van der Waals surface area contributed by atoms with E-state index in [0.29, 0.717) is 31.1 Å². The maximum absolute atomic E-state index is 13.0. The summed E-state index contributed by atoms with van der Waals surface area (Å²) in [5.74, 6) is -0.289. The van der Waals surface area contributed by atoms with Crippen LogP contribution in [-0.4, -0.2) is 55.0 Å². The summed E-state index contributed by atoms with van der Waals surface area (Å²) in [6.07, 6.45) is -0.166. The largest absolute Gasteiger partial charge is 0.487 e. The summed E-state index contributed by atoms with van der Waals surface area (Å²) in [7, 11) is 0. The molecule has 0 aliphatic carbocycles. The first-order valence-electron chi connectivity index (χ1n) is 11.2. The zero-order chi connectivity index (χ0) is 23.6. The van der Waals surface area contributed by atoms with Crippen LogP contribution >= 0.6 is 0 Å². The number of anilines is 1. The van der Waals surface area contributed by atoms with Crippen LogP contribution in [0.3, 0.4) is 0 Å². The molecule has 1 fully saturated rings. The van der Waals surface area contributed by atoms with Crippen LogP contribution in [-0.2, 0) is 25.7 Å². The molecule has 0 saturated carbocycles. The molecule has 0 radical (unpaired) electrons. The molecule has 1 heterocycles. The second kappa shape index (κ2) is 11.9. The van der Waals surface area contributed by atoms with Crippen molar-refractivity contribution in [3.63, 3.8) is 0 Å². The molecule has 176 valence electrons. The van der Waals surface area contributed by atoms with Crippen LogP contribution in [0.25, 0.3) is 0 Å². The van der Waals surface area contributed by atoms with Crippen molar-refractivity contribution in [1.82, 2.24) is 10.2 Å². The van der Waals surface area contributed by atoms with Gasteiger partial charge in [-0.15, -0.1) is 0 Å². The molecule has 1 atom stereocenters. The van der Waals surface area contributed by atoms with E-state index in [4.69, 9.17) is 9.47 Å². The van der Waals surface area contributed by atoms with Crippen molar-refractivity contribution in [1.29, 1.82) is 0 Å². The predicted octanol–water partition coefficient (Wildman–Crippen LogP) is 2.59. The minimum Gasteiger partial charge on any atom is -0.487 e. The van der Waals surface area contributed by atoms with Gasteiger partial charge < -0.3 is 25.0 Å². The number of rotatable bonds is 10. The molecular weight excluding hydrogens is 422 g/mol. The molecular formula is C25H31N3O5. The predicted molar refractivity (Wildman–Crippen MR) is 125 cm³/mol. The normalized spacial score (nSPS) is 15.7. The van der Waals surface area contributed by atoms with Crippen molar-refractivity contribution in [2.24, 2.45) is 5.92 Å². The summed E-state index contributed by atoms with van der Waals surface area (Å²) >= 11 is 0. The standard InChI is InChI=1S/C25H31N3O5/c1-18(2)16-33-24(30)14-21-25(31)26-12-13-28(21)23(29)15-27-20-10-6-7-11-22(20)32-17-19-8-4-3-5-9-19/h3-11,18,21,27H,12-17H2,1-2H3,(H,26,31). The Morgan fingerprint density at radius 3 is 2.61 bits per heavy atom. The van der Waals surface area contributed by atoms with E-state index in [1.165, 1.54) is 4.90 Å². The van der Waals surface area contributed by atoms with Crippen LogP contribution in [0.15, 0.2) is 54.6 Å². The Hall–Kier alpha value is -3.55. The van der Waals surface area contributed by atoms with Crippen LogP contribution in [0.2, 0.25) is 0 Å². The minimum absolute atomic E-state index is 0.0312. The van der Waals surface area contributed by atoms with Gasteiger partial charge in [0.25, 0.3) is 0 Å². The number of amides is 2. The van der Waals surface area contributed by atoms with Gasteiger partial charge in [-0.1, -0.05) is 56.3 Å². The molecule has 1 saturated heterocycles. The van der Waals surface area contributed by atoms with E-state index in [2.05, 4.69) is 10.6 Å². The number of piperazine rings is 1. The van der Waals surface area contributed by atoms with Crippen molar-refractivity contribution >= 4 is 23.5 Å². The highest BCUT2D eigenvalue weighted by molar-refractivity contribution is 5.93. The monoisotopic (exact) mass is 453 g/mol. The second-order valence-electron chi connectivity index (χ2n) is 8.30. The number of carbonyl (C=O) groups excluding carboxylic acids is 3. The summed E-state index contributed by atoms with van der Waals surface area (Å²) in [5, 5.41) is 5.83. The number of nitrogens with one attached hydrogen (secondary N) is 2. The van der Waals surface area contributed by atoms with Gasteiger partial charge in [0, 0.05) is 13.1 Å². The molecule has 2 N–H and O–H groups in total. The highest BCUT2D eigenvalue weighted by atomic mass is 16.5. The average molecular weight is 454 g/mol. The van der Waals surface area contributed by atoms with Gasteiger partial charge in [0.1, 0.15) is 18.4 Å². The lowest BCUT2D eigenvalue weighted by Gasteiger charge is -2.34. The zero-order valence-corrected chi connectivity index (χ0v) is 19.1. The molecule has 3 rings (SSSR count). The molecule has 1 aliphatic heterocycles. The van der Waals surface area contributed by atoms with E-state index in [9.17, 15) is 14.4 Å². The van der Waals surface area contributed by atoms with E-state index in [-0.39, 0.29) is 37.3 Å². The minimum atomic E-state index is -0.878. The smallest absolute Gasteiger partial charge is 0.308 e. The lowest BCUT2D eigenvalue weighted by atomic mass is 10.1. The number of ether oxygens (including phenoxy) is 2. The number of esters is 1. The Kier molecular flexibility index (Phi) is 8.69. The van der Waals surface area contributed by atoms with Gasteiger partial charge in [0.2, 0.25) is 11.8 Å². The maximum atomic E-state index is 13.0. The third kappa shape index (κ3) is 7.24. The van der Waals surface area contributed by atoms with Gasteiger partial charge in [-0.05, 0) is 23.6 Å². The fourth-order valence-corrected chi connectivity index (χ4v) is 3.44. The van der Waals surface area contributed by atoms with Gasteiger partial charge in [-0.3, -0.25) is 14.4 Å². The van der Waals surface area contributed by atoms with Crippen LogP contribution < -0.4 is 15.4 Å². The molecule has 1 aliphatic rings. The topological polar surface area (TPSA) is 97.0 Å².